The van der Waals surface area contributed by atoms with Crippen molar-refractivity contribution in [3.8, 4) is 10.6 Å². The van der Waals surface area contributed by atoms with Gasteiger partial charge in [0.1, 0.15) is 9.88 Å². The molecule has 0 bridgehead atoms. The predicted octanol–water partition coefficient (Wildman–Crippen LogP) is 4.69. The Bertz CT molecular complexity index is 1210. The van der Waals surface area contributed by atoms with Gasteiger partial charge >= 0.3 is 5.97 Å². The van der Waals surface area contributed by atoms with Crippen LogP contribution >= 0.6 is 22.9 Å². The summed E-state index contributed by atoms with van der Waals surface area (Å²) in [5.74, 6) is -1.20. The minimum Gasteiger partial charge on any atom is -0.451 e. The minimum atomic E-state index is -0.619. The molecule has 3 aromatic rings. The Balaban J connectivity index is 1.50. The smallest absolute Gasteiger partial charge is 0.350 e. The SMILES string of the molecule is Cc1nc(-c2cccc(Cl)c2)sc1C(=O)OCC(=O)N1c2ccccc2NC(=O)CC1C. The number of benzene rings is 2. The van der Waals surface area contributed by atoms with Crippen LogP contribution in [0.2, 0.25) is 5.02 Å². The number of nitrogens with zero attached hydrogens (tertiary/aromatic N) is 2. The third-order valence-corrected chi connectivity index (χ3v) is 6.43. The number of aryl methyl sites for hydroxylation is 1. The van der Waals surface area contributed by atoms with Crippen LogP contribution in [-0.2, 0) is 14.3 Å². The van der Waals surface area contributed by atoms with Gasteiger partial charge in [-0.3, -0.25) is 9.59 Å². The molecule has 2 heterocycles. The molecular formula is C23H20ClN3O4S. The number of hydrogen-bond acceptors (Lipinski definition) is 6. The van der Waals surface area contributed by atoms with E-state index < -0.39 is 18.5 Å². The Morgan fingerprint density at radius 3 is 2.81 bits per heavy atom. The van der Waals surface area contributed by atoms with Crippen LogP contribution in [-0.4, -0.2) is 35.4 Å². The van der Waals surface area contributed by atoms with Crippen molar-refractivity contribution in [2.45, 2.75) is 26.3 Å². The Hall–Kier alpha value is -3.23. The molecule has 164 valence electrons. The molecule has 1 aromatic heterocycles. The Labute approximate surface area is 194 Å². The Morgan fingerprint density at radius 2 is 2.03 bits per heavy atom. The summed E-state index contributed by atoms with van der Waals surface area (Å²) in [7, 11) is 0. The number of para-hydroxylation sites is 2. The van der Waals surface area contributed by atoms with Gasteiger partial charge in [-0.25, -0.2) is 9.78 Å². The van der Waals surface area contributed by atoms with E-state index in [0.29, 0.717) is 32.0 Å². The van der Waals surface area contributed by atoms with E-state index in [-0.39, 0.29) is 18.4 Å². The first-order valence-electron chi connectivity index (χ1n) is 9.95. The number of amides is 2. The number of ether oxygens (including phenoxy) is 1. The number of fused-ring (bicyclic) bond motifs is 1. The molecule has 1 aliphatic rings. The average molecular weight is 470 g/mol. The first kappa shape index (κ1) is 22.0. The Morgan fingerprint density at radius 1 is 1.25 bits per heavy atom. The Kier molecular flexibility index (Phi) is 6.25. The molecule has 2 aromatic carbocycles. The van der Waals surface area contributed by atoms with E-state index in [2.05, 4.69) is 10.3 Å². The topological polar surface area (TPSA) is 88.6 Å². The summed E-state index contributed by atoms with van der Waals surface area (Å²) in [6.07, 6.45) is 0.144. The van der Waals surface area contributed by atoms with Gasteiger partial charge in [-0.15, -0.1) is 11.3 Å². The van der Waals surface area contributed by atoms with Crippen LogP contribution in [0.5, 0.6) is 0 Å². The fourth-order valence-electron chi connectivity index (χ4n) is 3.56. The predicted molar refractivity (Wildman–Crippen MR) is 124 cm³/mol. The highest BCUT2D eigenvalue weighted by Crippen LogP contribution is 2.32. The average Bonchev–Trinajstić information content (AvgIpc) is 3.09. The van der Waals surface area contributed by atoms with Crippen LogP contribution < -0.4 is 10.2 Å². The molecule has 0 radical (unpaired) electrons. The van der Waals surface area contributed by atoms with Crippen molar-refractivity contribution in [3.63, 3.8) is 0 Å². The van der Waals surface area contributed by atoms with E-state index in [0.717, 1.165) is 5.56 Å². The number of carbonyl (C=O) groups is 3. The summed E-state index contributed by atoms with van der Waals surface area (Å²) in [6, 6.07) is 13.9. The maximum atomic E-state index is 13.0. The number of thiazole rings is 1. The zero-order valence-corrected chi connectivity index (χ0v) is 19.0. The quantitative estimate of drug-likeness (QED) is 0.560. The highest BCUT2D eigenvalue weighted by molar-refractivity contribution is 7.17. The highest BCUT2D eigenvalue weighted by Gasteiger charge is 2.30. The highest BCUT2D eigenvalue weighted by atomic mass is 35.5. The van der Waals surface area contributed by atoms with E-state index in [4.69, 9.17) is 16.3 Å². The summed E-state index contributed by atoms with van der Waals surface area (Å²) in [5, 5.41) is 4.02. The van der Waals surface area contributed by atoms with Gasteiger partial charge in [0.25, 0.3) is 5.91 Å². The number of esters is 1. The summed E-state index contributed by atoms with van der Waals surface area (Å²) in [6.45, 7) is 3.05. The zero-order chi connectivity index (χ0) is 22.8. The number of anilines is 2. The molecule has 0 saturated heterocycles. The lowest BCUT2D eigenvalue weighted by molar-refractivity contribution is -0.122. The summed E-state index contributed by atoms with van der Waals surface area (Å²) in [4.78, 5) is 44.1. The number of carbonyl (C=O) groups excluding carboxylic acids is 3. The van der Waals surface area contributed by atoms with Crippen molar-refractivity contribution in [2.24, 2.45) is 0 Å². The van der Waals surface area contributed by atoms with Crippen LogP contribution in [0.3, 0.4) is 0 Å². The normalized spacial score (nSPS) is 15.5. The largest absolute Gasteiger partial charge is 0.451 e. The third kappa shape index (κ3) is 4.51. The van der Waals surface area contributed by atoms with E-state index in [9.17, 15) is 14.4 Å². The molecule has 1 unspecified atom stereocenters. The maximum absolute atomic E-state index is 13.0. The molecule has 1 atom stereocenters. The molecular weight excluding hydrogens is 450 g/mol. The molecule has 32 heavy (non-hydrogen) atoms. The molecule has 1 aliphatic heterocycles. The van der Waals surface area contributed by atoms with E-state index >= 15 is 0 Å². The fourth-order valence-corrected chi connectivity index (χ4v) is 4.71. The molecule has 9 heteroatoms. The molecule has 0 aliphatic carbocycles. The number of halogens is 1. The molecule has 2 amide bonds. The van der Waals surface area contributed by atoms with Crippen LogP contribution in [0.15, 0.2) is 48.5 Å². The lowest BCUT2D eigenvalue weighted by Gasteiger charge is -2.27. The van der Waals surface area contributed by atoms with Gasteiger partial charge in [0, 0.05) is 23.0 Å². The van der Waals surface area contributed by atoms with Crippen LogP contribution in [0, 0.1) is 6.92 Å². The molecule has 0 saturated carbocycles. The number of hydrogen-bond donors (Lipinski definition) is 1. The first-order chi connectivity index (χ1) is 15.3. The summed E-state index contributed by atoms with van der Waals surface area (Å²) in [5.41, 5.74) is 2.44. The molecule has 0 spiro atoms. The molecule has 7 nitrogen and oxygen atoms in total. The minimum absolute atomic E-state index is 0.144. The maximum Gasteiger partial charge on any atom is 0.350 e. The van der Waals surface area contributed by atoms with E-state index in [1.165, 1.54) is 16.2 Å². The van der Waals surface area contributed by atoms with Crippen molar-refractivity contribution in [1.82, 2.24) is 4.98 Å². The standard InChI is InChI=1S/C23H20ClN3O4S/c1-13-10-19(28)26-17-8-3-4-9-18(17)27(13)20(29)12-31-23(30)21-14(2)25-22(32-21)15-6-5-7-16(24)11-15/h3-9,11,13H,10,12H2,1-2H3,(H,26,28). The number of rotatable bonds is 4. The van der Waals surface area contributed by atoms with Crippen molar-refractivity contribution >= 4 is 52.1 Å². The van der Waals surface area contributed by atoms with Crippen molar-refractivity contribution in [2.75, 3.05) is 16.8 Å². The van der Waals surface area contributed by atoms with E-state index in [1.807, 2.05) is 12.1 Å². The van der Waals surface area contributed by atoms with Gasteiger partial charge in [-0.2, -0.15) is 0 Å². The van der Waals surface area contributed by atoms with Gasteiger partial charge in [0.2, 0.25) is 5.91 Å². The second kappa shape index (κ2) is 9.10. The zero-order valence-electron chi connectivity index (χ0n) is 17.4. The molecule has 4 rings (SSSR count). The number of nitrogens with one attached hydrogen (secondary N) is 1. The van der Waals surface area contributed by atoms with Crippen LogP contribution in [0.25, 0.3) is 10.6 Å². The van der Waals surface area contributed by atoms with Crippen molar-refractivity contribution in [3.05, 3.63) is 64.1 Å². The van der Waals surface area contributed by atoms with Crippen LogP contribution in [0.1, 0.15) is 28.7 Å². The van der Waals surface area contributed by atoms with Gasteiger partial charge in [0.15, 0.2) is 6.61 Å². The number of aromatic nitrogens is 1. The lowest BCUT2D eigenvalue weighted by Crippen LogP contribution is -2.41. The summed E-state index contributed by atoms with van der Waals surface area (Å²) >= 11 is 7.23. The molecule has 0 fully saturated rings. The monoisotopic (exact) mass is 469 g/mol. The third-order valence-electron chi connectivity index (χ3n) is 5.01. The van der Waals surface area contributed by atoms with Gasteiger partial charge < -0.3 is 15.0 Å². The summed E-state index contributed by atoms with van der Waals surface area (Å²) < 4.78 is 5.34. The van der Waals surface area contributed by atoms with Crippen molar-refractivity contribution < 1.29 is 19.1 Å². The second-order valence-electron chi connectivity index (χ2n) is 7.40. The van der Waals surface area contributed by atoms with Gasteiger partial charge in [0.05, 0.1) is 17.1 Å². The lowest BCUT2D eigenvalue weighted by atomic mass is 10.1. The van der Waals surface area contributed by atoms with Gasteiger partial charge in [-0.1, -0.05) is 35.9 Å². The molecule has 1 N–H and O–H groups in total. The second-order valence-corrected chi connectivity index (χ2v) is 8.84. The fraction of sp³-hybridized carbons (Fsp3) is 0.217. The van der Waals surface area contributed by atoms with E-state index in [1.54, 1.807) is 50.2 Å². The van der Waals surface area contributed by atoms with Crippen molar-refractivity contribution in [1.29, 1.82) is 0 Å². The van der Waals surface area contributed by atoms with Gasteiger partial charge in [-0.05, 0) is 38.1 Å². The van der Waals surface area contributed by atoms with Crippen LogP contribution in [0.4, 0.5) is 11.4 Å². The first-order valence-corrected chi connectivity index (χ1v) is 11.1.